The highest BCUT2D eigenvalue weighted by atomic mass is 16.2. The van der Waals surface area contributed by atoms with Crippen molar-refractivity contribution >= 4 is 11.6 Å². The molecule has 0 atom stereocenters. The molecule has 2 N–H and O–H groups in total. The maximum atomic E-state index is 12.6. The molecule has 0 aromatic heterocycles. The Kier molecular flexibility index (Phi) is 2.75. The average molecular weight is 252 g/mol. The topological polar surface area (TPSA) is 46.3 Å². The van der Waals surface area contributed by atoms with E-state index in [1.54, 1.807) is 6.07 Å². The van der Waals surface area contributed by atoms with Gasteiger partial charge in [0, 0.05) is 24.3 Å². The van der Waals surface area contributed by atoms with Crippen LogP contribution in [-0.4, -0.2) is 10.8 Å². The monoisotopic (exact) mass is 252 g/mol. The summed E-state index contributed by atoms with van der Waals surface area (Å²) in [5.74, 6) is 0.0565. The third-order valence-corrected chi connectivity index (χ3v) is 3.62. The number of carbonyl (C=O) groups excluding carboxylic acids is 1. The van der Waals surface area contributed by atoms with Crippen molar-refractivity contribution in [2.75, 3.05) is 5.73 Å². The number of amides is 1. The molecule has 2 aromatic rings. The molecule has 1 aliphatic heterocycles. The first-order valence-electron chi connectivity index (χ1n) is 6.37. The SMILES string of the molecule is Cc1ccc(N)cc1C(=O)N1Cc2ccccc2C1. The van der Waals surface area contributed by atoms with E-state index in [1.165, 1.54) is 11.1 Å². The number of hydrogen-bond acceptors (Lipinski definition) is 2. The predicted molar refractivity (Wildman–Crippen MR) is 75.6 cm³/mol. The Labute approximate surface area is 112 Å². The van der Waals surface area contributed by atoms with Crippen LogP contribution in [0.1, 0.15) is 27.0 Å². The van der Waals surface area contributed by atoms with E-state index < -0.39 is 0 Å². The molecule has 0 fully saturated rings. The number of nitrogens with two attached hydrogens (primary N) is 1. The van der Waals surface area contributed by atoms with E-state index in [4.69, 9.17) is 5.73 Å². The number of benzene rings is 2. The van der Waals surface area contributed by atoms with E-state index in [1.807, 2.05) is 36.1 Å². The summed E-state index contributed by atoms with van der Waals surface area (Å²) in [6.45, 7) is 3.31. The Morgan fingerprint density at radius 3 is 2.37 bits per heavy atom. The van der Waals surface area contributed by atoms with E-state index in [2.05, 4.69) is 12.1 Å². The van der Waals surface area contributed by atoms with Crippen LogP contribution in [0.5, 0.6) is 0 Å². The molecule has 1 heterocycles. The van der Waals surface area contributed by atoms with Crippen LogP contribution >= 0.6 is 0 Å². The molecular weight excluding hydrogens is 236 g/mol. The number of fused-ring (bicyclic) bond motifs is 1. The third-order valence-electron chi connectivity index (χ3n) is 3.62. The standard InChI is InChI=1S/C16H16N2O/c1-11-6-7-14(17)8-15(11)16(19)18-9-12-4-2-3-5-13(12)10-18/h2-8H,9-10,17H2,1H3. The fourth-order valence-corrected chi connectivity index (χ4v) is 2.52. The maximum Gasteiger partial charge on any atom is 0.254 e. The summed E-state index contributed by atoms with van der Waals surface area (Å²) in [5, 5.41) is 0. The van der Waals surface area contributed by atoms with Gasteiger partial charge in [-0.1, -0.05) is 30.3 Å². The molecule has 19 heavy (non-hydrogen) atoms. The summed E-state index contributed by atoms with van der Waals surface area (Å²) in [6, 6.07) is 13.7. The first-order chi connectivity index (χ1) is 9.15. The number of hydrogen-bond donors (Lipinski definition) is 1. The van der Waals surface area contributed by atoms with Crippen LogP contribution in [0, 0.1) is 6.92 Å². The lowest BCUT2D eigenvalue weighted by molar-refractivity contribution is 0.0750. The molecule has 0 saturated carbocycles. The van der Waals surface area contributed by atoms with E-state index in [9.17, 15) is 4.79 Å². The molecule has 0 radical (unpaired) electrons. The van der Waals surface area contributed by atoms with Crippen molar-refractivity contribution in [1.82, 2.24) is 4.90 Å². The minimum Gasteiger partial charge on any atom is -0.399 e. The van der Waals surface area contributed by atoms with Gasteiger partial charge in [-0.3, -0.25) is 4.79 Å². The van der Waals surface area contributed by atoms with Gasteiger partial charge < -0.3 is 10.6 Å². The summed E-state index contributed by atoms with van der Waals surface area (Å²) in [6.07, 6.45) is 0. The van der Waals surface area contributed by atoms with Gasteiger partial charge in [-0.15, -0.1) is 0 Å². The molecule has 96 valence electrons. The second-order valence-electron chi connectivity index (χ2n) is 5.00. The fraction of sp³-hybridized carbons (Fsp3) is 0.188. The number of nitrogen functional groups attached to an aromatic ring is 1. The zero-order chi connectivity index (χ0) is 13.4. The molecule has 0 spiro atoms. The lowest BCUT2D eigenvalue weighted by Crippen LogP contribution is -2.26. The van der Waals surface area contributed by atoms with Crippen molar-refractivity contribution in [3.63, 3.8) is 0 Å². The number of aryl methyl sites for hydroxylation is 1. The lowest BCUT2D eigenvalue weighted by atomic mass is 10.1. The van der Waals surface area contributed by atoms with Crippen LogP contribution in [0.2, 0.25) is 0 Å². The Morgan fingerprint density at radius 1 is 1.11 bits per heavy atom. The predicted octanol–water partition coefficient (Wildman–Crippen LogP) is 2.73. The molecule has 0 bridgehead atoms. The van der Waals surface area contributed by atoms with Crippen LogP contribution in [0.25, 0.3) is 0 Å². The highest BCUT2D eigenvalue weighted by molar-refractivity contribution is 5.96. The van der Waals surface area contributed by atoms with Crippen molar-refractivity contribution in [2.45, 2.75) is 20.0 Å². The van der Waals surface area contributed by atoms with Crippen LogP contribution in [0.3, 0.4) is 0 Å². The molecule has 1 amide bonds. The molecule has 0 aliphatic carbocycles. The average Bonchev–Trinajstić information content (AvgIpc) is 2.84. The van der Waals surface area contributed by atoms with Gasteiger partial charge in [-0.2, -0.15) is 0 Å². The zero-order valence-electron chi connectivity index (χ0n) is 10.9. The summed E-state index contributed by atoms with van der Waals surface area (Å²) >= 11 is 0. The lowest BCUT2D eigenvalue weighted by Gasteiger charge is -2.17. The smallest absolute Gasteiger partial charge is 0.254 e. The Morgan fingerprint density at radius 2 is 1.74 bits per heavy atom. The first kappa shape index (κ1) is 11.8. The van der Waals surface area contributed by atoms with Crippen LogP contribution < -0.4 is 5.73 Å². The van der Waals surface area contributed by atoms with Gasteiger partial charge in [0.1, 0.15) is 0 Å². The molecular formula is C16H16N2O. The first-order valence-corrected chi connectivity index (χ1v) is 6.37. The van der Waals surface area contributed by atoms with Crippen LogP contribution in [-0.2, 0) is 13.1 Å². The van der Waals surface area contributed by atoms with Gasteiger partial charge in [0.25, 0.3) is 5.91 Å². The van der Waals surface area contributed by atoms with E-state index in [0.717, 1.165) is 5.56 Å². The second kappa shape index (κ2) is 4.43. The molecule has 3 nitrogen and oxygen atoms in total. The van der Waals surface area contributed by atoms with Gasteiger partial charge in [0.15, 0.2) is 0 Å². The van der Waals surface area contributed by atoms with Crippen molar-refractivity contribution in [3.8, 4) is 0 Å². The highest BCUT2D eigenvalue weighted by Gasteiger charge is 2.24. The quantitative estimate of drug-likeness (QED) is 0.793. The van der Waals surface area contributed by atoms with Gasteiger partial charge in [-0.25, -0.2) is 0 Å². The fourth-order valence-electron chi connectivity index (χ4n) is 2.52. The summed E-state index contributed by atoms with van der Waals surface area (Å²) in [5.41, 5.74) is 10.5. The Hall–Kier alpha value is -2.29. The maximum absolute atomic E-state index is 12.6. The van der Waals surface area contributed by atoms with Crippen LogP contribution in [0.15, 0.2) is 42.5 Å². The van der Waals surface area contributed by atoms with E-state index in [-0.39, 0.29) is 5.91 Å². The van der Waals surface area contributed by atoms with Gasteiger partial charge >= 0.3 is 0 Å². The number of carbonyl (C=O) groups is 1. The van der Waals surface area contributed by atoms with Crippen molar-refractivity contribution in [2.24, 2.45) is 0 Å². The van der Waals surface area contributed by atoms with Crippen molar-refractivity contribution in [1.29, 1.82) is 0 Å². The van der Waals surface area contributed by atoms with Crippen LogP contribution in [0.4, 0.5) is 5.69 Å². The van der Waals surface area contributed by atoms with Crippen molar-refractivity contribution in [3.05, 3.63) is 64.7 Å². The van der Waals surface area contributed by atoms with Gasteiger partial charge in [-0.05, 0) is 35.7 Å². The van der Waals surface area contributed by atoms with Gasteiger partial charge in [0.05, 0.1) is 0 Å². The van der Waals surface area contributed by atoms with Gasteiger partial charge in [0.2, 0.25) is 0 Å². The Bertz CT molecular complexity index is 624. The third kappa shape index (κ3) is 2.08. The largest absolute Gasteiger partial charge is 0.399 e. The minimum absolute atomic E-state index is 0.0565. The Balaban J connectivity index is 1.89. The normalized spacial score (nSPS) is 13.4. The number of anilines is 1. The molecule has 0 saturated heterocycles. The highest BCUT2D eigenvalue weighted by Crippen LogP contribution is 2.25. The zero-order valence-corrected chi connectivity index (χ0v) is 10.9. The number of nitrogens with zero attached hydrogens (tertiary/aromatic N) is 1. The summed E-state index contributed by atoms with van der Waals surface area (Å²) in [7, 11) is 0. The van der Waals surface area contributed by atoms with E-state index >= 15 is 0 Å². The van der Waals surface area contributed by atoms with Crippen molar-refractivity contribution < 1.29 is 4.79 Å². The molecule has 3 rings (SSSR count). The molecule has 2 aromatic carbocycles. The minimum atomic E-state index is 0.0565. The molecule has 3 heteroatoms. The second-order valence-corrected chi connectivity index (χ2v) is 5.00. The number of rotatable bonds is 1. The molecule has 1 aliphatic rings. The molecule has 0 unspecified atom stereocenters. The van der Waals surface area contributed by atoms with E-state index in [0.29, 0.717) is 24.3 Å². The summed E-state index contributed by atoms with van der Waals surface area (Å²) in [4.78, 5) is 14.4. The summed E-state index contributed by atoms with van der Waals surface area (Å²) < 4.78 is 0.